The first kappa shape index (κ1) is 13.8. The van der Waals surface area contributed by atoms with E-state index in [1.54, 1.807) is 19.2 Å². The van der Waals surface area contributed by atoms with Crippen molar-refractivity contribution in [3.63, 3.8) is 0 Å². The number of nitrogens with zero attached hydrogens (tertiary/aromatic N) is 1. The summed E-state index contributed by atoms with van der Waals surface area (Å²) in [4.78, 5) is 23.7. The standard InChI is InChI=1S/C13H19N3O3/c1-3-16-6-9(4-5-11(16)17)15-12(18)13(2)8-19-7-10(13)14/h4-6,10H,3,7-8,14H2,1-2H3,(H,15,18). The maximum Gasteiger partial charge on any atom is 0.250 e. The minimum absolute atomic E-state index is 0.0902. The Bertz CT molecular complexity index is 540. The lowest BCUT2D eigenvalue weighted by Gasteiger charge is -2.25. The van der Waals surface area contributed by atoms with Crippen molar-refractivity contribution in [1.82, 2.24) is 4.57 Å². The summed E-state index contributed by atoms with van der Waals surface area (Å²) < 4.78 is 6.78. The SMILES string of the molecule is CCn1cc(NC(=O)C2(C)COCC2N)ccc1=O. The molecule has 2 unspecified atom stereocenters. The number of anilines is 1. The van der Waals surface area contributed by atoms with Crippen LogP contribution in [0.4, 0.5) is 5.69 Å². The predicted molar refractivity (Wildman–Crippen MR) is 71.9 cm³/mol. The van der Waals surface area contributed by atoms with E-state index in [9.17, 15) is 9.59 Å². The lowest BCUT2D eigenvalue weighted by atomic mass is 9.85. The van der Waals surface area contributed by atoms with Crippen LogP contribution in [0.5, 0.6) is 0 Å². The average molecular weight is 265 g/mol. The molecule has 1 aliphatic heterocycles. The van der Waals surface area contributed by atoms with E-state index in [2.05, 4.69) is 5.32 Å². The molecule has 0 aromatic carbocycles. The second kappa shape index (κ2) is 5.14. The third-order valence-corrected chi connectivity index (χ3v) is 3.62. The van der Waals surface area contributed by atoms with Crippen molar-refractivity contribution >= 4 is 11.6 Å². The van der Waals surface area contributed by atoms with Crippen LogP contribution in [0.25, 0.3) is 0 Å². The fourth-order valence-electron chi connectivity index (χ4n) is 2.05. The first-order chi connectivity index (χ1) is 8.97. The monoisotopic (exact) mass is 265 g/mol. The van der Waals surface area contributed by atoms with Crippen LogP contribution >= 0.6 is 0 Å². The van der Waals surface area contributed by atoms with Crippen LogP contribution in [0, 0.1) is 5.41 Å². The lowest BCUT2D eigenvalue weighted by molar-refractivity contribution is -0.125. The molecular weight excluding hydrogens is 246 g/mol. The molecule has 1 saturated heterocycles. The Morgan fingerprint density at radius 3 is 2.95 bits per heavy atom. The minimum Gasteiger partial charge on any atom is -0.379 e. The smallest absolute Gasteiger partial charge is 0.250 e. The molecule has 1 fully saturated rings. The third kappa shape index (κ3) is 2.54. The molecule has 2 atom stereocenters. The summed E-state index contributed by atoms with van der Waals surface area (Å²) in [5.41, 5.74) is 5.68. The normalized spacial score (nSPS) is 26.4. The Labute approximate surface area is 111 Å². The number of pyridine rings is 1. The van der Waals surface area contributed by atoms with Crippen molar-refractivity contribution < 1.29 is 9.53 Å². The van der Waals surface area contributed by atoms with Gasteiger partial charge in [-0.15, -0.1) is 0 Å². The molecule has 1 amide bonds. The van der Waals surface area contributed by atoms with Gasteiger partial charge in [0, 0.05) is 24.8 Å². The number of rotatable bonds is 3. The molecule has 0 bridgehead atoms. The van der Waals surface area contributed by atoms with Crippen molar-refractivity contribution in [3.05, 3.63) is 28.7 Å². The molecule has 6 nitrogen and oxygen atoms in total. The van der Waals surface area contributed by atoms with E-state index >= 15 is 0 Å². The predicted octanol–water partition coefficient (Wildman–Crippen LogP) is 0.170. The van der Waals surface area contributed by atoms with E-state index < -0.39 is 5.41 Å². The number of carbonyl (C=O) groups excluding carboxylic acids is 1. The van der Waals surface area contributed by atoms with E-state index in [-0.39, 0.29) is 17.5 Å². The Morgan fingerprint density at radius 1 is 1.63 bits per heavy atom. The minimum atomic E-state index is -0.729. The Balaban J connectivity index is 2.17. The van der Waals surface area contributed by atoms with Gasteiger partial charge in [0.2, 0.25) is 5.91 Å². The van der Waals surface area contributed by atoms with Crippen molar-refractivity contribution in [3.8, 4) is 0 Å². The summed E-state index contributed by atoms with van der Waals surface area (Å²) in [5.74, 6) is -0.182. The third-order valence-electron chi connectivity index (χ3n) is 3.62. The van der Waals surface area contributed by atoms with E-state index in [0.717, 1.165) is 0 Å². The van der Waals surface area contributed by atoms with Crippen molar-refractivity contribution in [1.29, 1.82) is 0 Å². The zero-order chi connectivity index (χ0) is 14.0. The first-order valence-corrected chi connectivity index (χ1v) is 6.32. The van der Waals surface area contributed by atoms with Crippen LogP contribution in [0.15, 0.2) is 23.1 Å². The van der Waals surface area contributed by atoms with Crippen LogP contribution in [-0.4, -0.2) is 29.7 Å². The highest BCUT2D eigenvalue weighted by Crippen LogP contribution is 2.28. The van der Waals surface area contributed by atoms with Gasteiger partial charge in [0.1, 0.15) is 0 Å². The molecule has 2 heterocycles. The van der Waals surface area contributed by atoms with Crippen molar-refractivity contribution in [2.24, 2.45) is 11.1 Å². The fourth-order valence-corrected chi connectivity index (χ4v) is 2.05. The van der Waals surface area contributed by atoms with Crippen LogP contribution in [-0.2, 0) is 16.1 Å². The largest absolute Gasteiger partial charge is 0.379 e. The summed E-state index contributed by atoms with van der Waals surface area (Å²) in [6.45, 7) is 4.92. The Hall–Kier alpha value is -1.66. The van der Waals surface area contributed by atoms with Crippen LogP contribution in [0.2, 0.25) is 0 Å². The van der Waals surface area contributed by atoms with E-state index in [1.165, 1.54) is 10.6 Å². The number of nitrogens with one attached hydrogen (secondary N) is 1. The molecular formula is C13H19N3O3. The van der Waals surface area contributed by atoms with E-state index in [0.29, 0.717) is 25.4 Å². The Morgan fingerprint density at radius 2 is 2.37 bits per heavy atom. The number of hydrogen-bond donors (Lipinski definition) is 2. The maximum absolute atomic E-state index is 12.3. The average Bonchev–Trinajstić information content (AvgIpc) is 2.73. The molecule has 2 rings (SSSR count). The molecule has 0 aliphatic carbocycles. The van der Waals surface area contributed by atoms with E-state index in [4.69, 9.17) is 10.5 Å². The van der Waals surface area contributed by atoms with Gasteiger partial charge in [-0.3, -0.25) is 9.59 Å². The highest BCUT2D eigenvalue weighted by Gasteiger charge is 2.44. The molecule has 1 aromatic rings. The molecule has 0 saturated carbocycles. The number of aromatic nitrogens is 1. The fraction of sp³-hybridized carbons (Fsp3) is 0.538. The van der Waals surface area contributed by atoms with Gasteiger partial charge in [0.05, 0.1) is 24.3 Å². The molecule has 6 heteroatoms. The molecule has 104 valence electrons. The van der Waals surface area contributed by atoms with Gasteiger partial charge in [-0.05, 0) is 19.9 Å². The quantitative estimate of drug-likeness (QED) is 0.815. The molecule has 1 aromatic heterocycles. The summed E-state index contributed by atoms with van der Waals surface area (Å²) >= 11 is 0. The van der Waals surface area contributed by atoms with Crippen molar-refractivity contribution in [2.75, 3.05) is 18.5 Å². The van der Waals surface area contributed by atoms with Gasteiger partial charge >= 0.3 is 0 Å². The van der Waals surface area contributed by atoms with Crippen LogP contribution in [0.3, 0.4) is 0 Å². The lowest BCUT2D eigenvalue weighted by Crippen LogP contribution is -2.47. The second-order valence-electron chi connectivity index (χ2n) is 5.04. The van der Waals surface area contributed by atoms with Gasteiger partial charge in [0.25, 0.3) is 5.56 Å². The topological polar surface area (TPSA) is 86.3 Å². The highest BCUT2D eigenvalue weighted by atomic mass is 16.5. The maximum atomic E-state index is 12.3. The molecule has 0 radical (unpaired) electrons. The van der Waals surface area contributed by atoms with Gasteiger partial charge in [-0.2, -0.15) is 0 Å². The molecule has 3 N–H and O–H groups in total. The Kier molecular flexibility index (Phi) is 3.73. The first-order valence-electron chi connectivity index (χ1n) is 6.32. The highest BCUT2D eigenvalue weighted by molar-refractivity contribution is 5.95. The van der Waals surface area contributed by atoms with Gasteiger partial charge in [-0.25, -0.2) is 0 Å². The van der Waals surface area contributed by atoms with E-state index in [1.807, 2.05) is 6.92 Å². The summed E-state index contributed by atoms with van der Waals surface area (Å²) in [6.07, 6.45) is 1.63. The molecule has 19 heavy (non-hydrogen) atoms. The van der Waals surface area contributed by atoms with Gasteiger partial charge < -0.3 is 20.4 Å². The number of carbonyl (C=O) groups is 1. The molecule has 1 aliphatic rings. The zero-order valence-corrected chi connectivity index (χ0v) is 11.2. The second-order valence-corrected chi connectivity index (χ2v) is 5.04. The summed E-state index contributed by atoms with van der Waals surface area (Å²) in [7, 11) is 0. The number of ether oxygens (including phenoxy) is 1. The summed E-state index contributed by atoms with van der Waals surface area (Å²) in [5, 5.41) is 2.80. The van der Waals surface area contributed by atoms with Crippen LogP contribution in [0.1, 0.15) is 13.8 Å². The van der Waals surface area contributed by atoms with Gasteiger partial charge in [-0.1, -0.05) is 0 Å². The zero-order valence-electron chi connectivity index (χ0n) is 11.2. The van der Waals surface area contributed by atoms with Crippen molar-refractivity contribution in [2.45, 2.75) is 26.4 Å². The van der Waals surface area contributed by atoms with Gasteiger partial charge in [0.15, 0.2) is 0 Å². The number of aryl methyl sites for hydroxylation is 1. The van der Waals surface area contributed by atoms with Crippen LogP contribution < -0.4 is 16.6 Å². The number of amides is 1. The summed E-state index contributed by atoms with van der Waals surface area (Å²) in [6, 6.07) is 2.72. The molecule has 0 spiro atoms. The number of nitrogens with two attached hydrogens (primary N) is 1. The number of hydrogen-bond acceptors (Lipinski definition) is 4.